The first-order valence-electron chi connectivity index (χ1n) is 6.52. The Morgan fingerprint density at radius 1 is 1.38 bits per heavy atom. The summed E-state index contributed by atoms with van der Waals surface area (Å²) in [6, 6.07) is 4.69. The molecule has 0 atom stereocenters. The van der Waals surface area contributed by atoms with Crippen molar-refractivity contribution in [3.63, 3.8) is 0 Å². The van der Waals surface area contributed by atoms with Crippen molar-refractivity contribution >= 4 is 5.97 Å². The minimum absolute atomic E-state index is 0.0233. The van der Waals surface area contributed by atoms with Crippen molar-refractivity contribution in [3.8, 4) is 11.5 Å². The Bertz CT molecular complexity index is 468. The van der Waals surface area contributed by atoms with E-state index in [0.29, 0.717) is 19.6 Å². The van der Waals surface area contributed by atoms with Gasteiger partial charge in [0.05, 0.1) is 13.5 Å². The lowest BCUT2D eigenvalue weighted by molar-refractivity contribution is -0.137. The van der Waals surface area contributed by atoms with Crippen LogP contribution in [-0.4, -0.2) is 42.8 Å². The van der Waals surface area contributed by atoms with Crippen molar-refractivity contribution in [2.75, 3.05) is 20.2 Å². The van der Waals surface area contributed by atoms with Crippen molar-refractivity contribution in [3.05, 3.63) is 23.8 Å². The number of aliphatic carboxylic acids is 1. The van der Waals surface area contributed by atoms with Gasteiger partial charge in [-0.3, -0.25) is 9.69 Å². The number of halogens is 2. The van der Waals surface area contributed by atoms with E-state index in [0.717, 1.165) is 5.56 Å². The van der Waals surface area contributed by atoms with E-state index in [2.05, 4.69) is 4.74 Å². The molecular weight excluding hydrogens is 284 g/mol. The summed E-state index contributed by atoms with van der Waals surface area (Å²) in [6.07, 6.45) is 0.0531. The molecule has 0 bridgehead atoms. The highest BCUT2D eigenvalue weighted by molar-refractivity contribution is 5.66. The predicted octanol–water partition coefficient (Wildman–Crippen LogP) is 2.59. The summed E-state index contributed by atoms with van der Waals surface area (Å²) in [4.78, 5) is 12.5. The number of rotatable bonds is 9. The zero-order chi connectivity index (χ0) is 15.8. The van der Waals surface area contributed by atoms with E-state index in [-0.39, 0.29) is 17.9 Å². The van der Waals surface area contributed by atoms with E-state index in [4.69, 9.17) is 9.84 Å². The molecule has 0 aliphatic rings. The molecule has 7 heteroatoms. The molecule has 1 N–H and O–H groups in total. The van der Waals surface area contributed by atoms with Crippen LogP contribution in [0.2, 0.25) is 0 Å². The number of nitrogens with zero attached hydrogens (tertiary/aromatic N) is 1. The van der Waals surface area contributed by atoms with E-state index >= 15 is 0 Å². The molecule has 1 rings (SSSR count). The standard InChI is InChI=1S/C14H19F2NO4/c1-3-17(7-6-13(18)19)9-10-4-5-11(21-14(15)16)12(8-10)20-2/h4-5,8,14H,3,6-7,9H2,1-2H3,(H,18,19). The summed E-state index contributed by atoms with van der Waals surface area (Å²) in [5.74, 6) is -0.654. The van der Waals surface area contributed by atoms with Gasteiger partial charge in [0.25, 0.3) is 0 Å². The molecule has 118 valence electrons. The van der Waals surface area contributed by atoms with Gasteiger partial charge < -0.3 is 14.6 Å². The monoisotopic (exact) mass is 303 g/mol. The van der Waals surface area contributed by atoms with Crippen molar-refractivity contribution in [1.82, 2.24) is 4.90 Å². The lowest BCUT2D eigenvalue weighted by Crippen LogP contribution is -2.25. The summed E-state index contributed by atoms with van der Waals surface area (Å²) in [5, 5.41) is 8.69. The summed E-state index contributed by atoms with van der Waals surface area (Å²) in [6.45, 7) is 0.629. The molecule has 0 fully saturated rings. The van der Waals surface area contributed by atoms with Crippen LogP contribution in [-0.2, 0) is 11.3 Å². The molecule has 0 radical (unpaired) electrons. The summed E-state index contributed by atoms with van der Waals surface area (Å²) in [7, 11) is 1.37. The first-order valence-corrected chi connectivity index (χ1v) is 6.52. The summed E-state index contributed by atoms with van der Waals surface area (Å²) >= 11 is 0. The average molecular weight is 303 g/mol. The molecule has 0 heterocycles. The van der Waals surface area contributed by atoms with Gasteiger partial charge in [0, 0.05) is 13.1 Å². The van der Waals surface area contributed by atoms with E-state index in [1.54, 1.807) is 12.1 Å². The van der Waals surface area contributed by atoms with Crippen LogP contribution in [0.1, 0.15) is 18.9 Å². The first-order chi connectivity index (χ1) is 9.96. The number of methoxy groups -OCH3 is 1. The third-order valence-corrected chi connectivity index (χ3v) is 2.94. The van der Waals surface area contributed by atoms with Crippen LogP contribution >= 0.6 is 0 Å². The molecule has 21 heavy (non-hydrogen) atoms. The molecule has 0 aliphatic heterocycles. The van der Waals surface area contributed by atoms with Gasteiger partial charge in [-0.25, -0.2) is 0 Å². The Labute approximate surface area is 122 Å². The van der Waals surface area contributed by atoms with Crippen molar-refractivity contribution in [1.29, 1.82) is 0 Å². The molecule has 0 aliphatic carbocycles. The molecule has 0 aromatic heterocycles. The Morgan fingerprint density at radius 3 is 2.62 bits per heavy atom. The fourth-order valence-electron chi connectivity index (χ4n) is 1.86. The maximum atomic E-state index is 12.2. The zero-order valence-electron chi connectivity index (χ0n) is 12.0. The van der Waals surface area contributed by atoms with E-state index in [1.807, 2.05) is 11.8 Å². The zero-order valence-corrected chi connectivity index (χ0v) is 12.0. The van der Waals surface area contributed by atoms with Crippen molar-refractivity contribution < 1.29 is 28.2 Å². The Hall–Kier alpha value is -1.89. The maximum absolute atomic E-state index is 12.2. The lowest BCUT2D eigenvalue weighted by Gasteiger charge is -2.20. The van der Waals surface area contributed by atoms with Crippen LogP contribution in [0.15, 0.2) is 18.2 Å². The Kier molecular flexibility index (Phi) is 6.87. The molecule has 0 saturated carbocycles. The number of carboxylic acid groups (broad SMARTS) is 1. The molecular formula is C14H19F2NO4. The molecule has 0 saturated heterocycles. The minimum atomic E-state index is -2.91. The fraction of sp³-hybridized carbons (Fsp3) is 0.500. The molecule has 1 aromatic carbocycles. The normalized spacial score (nSPS) is 11.0. The van der Waals surface area contributed by atoms with Gasteiger partial charge in [-0.15, -0.1) is 0 Å². The number of carboxylic acids is 1. The predicted molar refractivity (Wildman–Crippen MR) is 72.8 cm³/mol. The SMILES string of the molecule is CCN(CCC(=O)O)Cc1ccc(OC(F)F)c(OC)c1. The minimum Gasteiger partial charge on any atom is -0.493 e. The van der Waals surface area contributed by atoms with Crippen LogP contribution in [0.25, 0.3) is 0 Å². The van der Waals surface area contributed by atoms with Gasteiger partial charge in [0.15, 0.2) is 11.5 Å². The lowest BCUT2D eigenvalue weighted by atomic mass is 10.2. The second kappa shape index (κ2) is 8.41. The van der Waals surface area contributed by atoms with Gasteiger partial charge in [-0.05, 0) is 24.2 Å². The van der Waals surface area contributed by atoms with Crippen molar-refractivity contribution in [2.24, 2.45) is 0 Å². The fourth-order valence-corrected chi connectivity index (χ4v) is 1.86. The highest BCUT2D eigenvalue weighted by Crippen LogP contribution is 2.29. The molecule has 1 aromatic rings. The number of carbonyl (C=O) groups is 1. The largest absolute Gasteiger partial charge is 0.493 e. The first kappa shape index (κ1) is 17.2. The quantitative estimate of drug-likeness (QED) is 0.760. The maximum Gasteiger partial charge on any atom is 0.387 e. The number of benzene rings is 1. The Balaban J connectivity index is 2.76. The number of alkyl halides is 2. The highest BCUT2D eigenvalue weighted by Gasteiger charge is 2.12. The van der Waals surface area contributed by atoms with E-state index < -0.39 is 12.6 Å². The molecule has 0 unspecified atom stereocenters. The Morgan fingerprint density at radius 2 is 2.10 bits per heavy atom. The van der Waals surface area contributed by atoms with Crippen LogP contribution in [0.5, 0.6) is 11.5 Å². The van der Waals surface area contributed by atoms with Crippen LogP contribution in [0.3, 0.4) is 0 Å². The van der Waals surface area contributed by atoms with Crippen LogP contribution < -0.4 is 9.47 Å². The van der Waals surface area contributed by atoms with Gasteiger partial charge >= 0.3 is 12.6 Å². The summed E-state index contributed by atoms with van der Waals surface area (Å²) < 4.78 is 33.9. The molecule has 0 spiro atoms. The van der Waals surface area contributed by atoms with E-state index in [9.17, 15) is 13.6 Å². The molecule has 5 nitrogen and oxygen atoms in total. The van der Waals surface area contributed by atoms with Gasteiger partial charge in [-0.1, -0.05) is 13.0 Å². The molecule has 0 amide bonds. The third-order valence-electron chi connectivity index (χ3n) is 2.94. The number of hydrogen-bond donors (Lipinski definition) is 1. The number of ether oxygens (including phenoxy) is 2. The van der Waals surface area contributed by atoms with Gasteiger partial charge in [0.2, 0.25) is 0 Å². The second-order valence-corrected chi connectivity index (χ2v) is 4.38. The summed E-state index contributed by atoms with van der Waals surface area (Å²) in [5.41, 5.74) is 0.834. The third kappa shape index (κ3) is 5.95. The second-order valence-electron chi connectivity index (χ2n) is 4.38. The number of hydrogen-bond acceptors (Lipinski definition) is 4. The van der Waals surface area contributed by atoms with Gasteiger partial charge in [0.1, 0.15) is 0 Å². The smallest absolute Gasteiger partial charge is 0.387 e. The van der Waals surface area contributed by atoms with Crippen LogP contribution in [0.4, 0.5) is 8.78 Å². The van der Waals surface area contributed by atoms with Crippen molar-refractivity contribution in [2.45, 2.75) is 26.5 Å². The highest BCUT2D eigenvalue weighted by atomic mass is 19.3. The average Bonchev–Trinajstić information content (AvgIpc) is 2.44. The van der Waals surface area contributed by atoms with E-state index in [1.165, 1.54) is 13.2 Å². The van der Waals surface area contributed by atoms with Crippen LogP contribution in [0, 0.1) is 0 Å². The topological polar surface area (TPSA) is 59.0 Å². The van der Waals surface area contributed by atoms with Gasteiger partial charge in [-0.2, -0.15) is 8.78 Å².